The molecule has 2 aliphatic heterocycles. The number of aryl methyl sites for hydroxylation is 1. The van der Waals surface area contributed by atoms with Gasteiger partial charge in [-0.15, -0.1) is 0 Å². The van der Waals surface area contributed by atoms with Crippen LogP contribution in [0, 0.1) is 5.92 Å². The lowest BCUT2D eigenvalue weighted by molar-refractivity contribution is 0.182. The number of imidazole rings is 1. The van der Waals surface area contributed by atoms with E-state index >= 15 is 0 Å². The zero-order valence-electron chi connectivity index (χ0n) is 15.4. The summed E-state index contributed by atoms with van der Waals surface area (Å²) in [7, 11) is 1.74. The van der Waals surface area contributed by atoms with Gasteiger partial charge in [-0.05, 0) is 18.1 Å². The standard InChI is InChI=1S/C19H20ClN5O3/c1-24-15-8-21-18(22-14-6-12-3-5-28-16(12)7-13(14)20)23-17(15)25(19(24)26)9-11-2-4-27-10-11/h6-8,11H,2-5,9-10H2,1H3,(H,21,22,23). The van der Waals surface area contributed by atoms with Crippen LogP contribution in [0.1, 0.15) is 12.0 Å². The third-order valence-electron chi connectivity index (χ3n) is 5.38. The Hall–Kier alpha value is -2.58. The fourth-order valence-corrected chi connectivity index (χ4v) is 4.00. The Morgan fingerprint density at radius 1 is 1.36 bits per heavy atom. The second-order valence-electron chi connectivity index (χ2n) is 7.25. The van der Waals surface area contributed by atoms with Crippen molar-refractivity contribution in [2.24, 2.45) is 13.0 Å². The molecule has 1 N–H and O–H groups in total. The van der Waals surface area contributed by atoms with Crippen molar-refractivity contribution >= 4 is 34.4 Å². The lowest BCUT2D eigenvalue weighted by Crippen LogP contribution is -2.25. The number of fused-ring (bicyclic) bond motifs is 2. The fraction of sp³-hybridized carbons (Fsp3) is 0.421. The Balaban J connectivity index is 1.51. The Bertz CT molecular complexity index is 1120. The predicted octanol–water partition coefficient (Wildman–Crippen LogP) is 2.50. The SMILES string of the molecule is Cn1c(=O)n(CC2CCOC2)c2nc(Nc3cc4c(cc3Cl)OCC4)ncc21. The molecule has 3 aromatic rings. The summed E-state index contributed by atoms with van der Waals surface area (Å²) in [5, 5.41) is 3.72. The number of hydrogen-bond acceptors (Lipinski definition) is 6. The number of hydrogen-bond donors (Lipinski definition) is 1. The summed E-state index contributed by atoms with van der Waals surface area (Å²) in [5.74, 6) is 1.54. The molecule has 2 aromatic heterocycles. The molecule has 1 fully saturated rings. The molecule has 9 heteroatoms. The van der Waals surface area contributed by atoms with Crippen LogP contribution in [0.25, 0.3) is 11.2 Å². The molecule has 4 heterocycles. The van der Waals surface area contributed by atoms with Crippen LogP contribution in [-0.2, 0) is 24.8 Å². The molecule has 146 valence electrons. The van der Waals surface area contributed by atoms with Gasteiger partial charge in [-0.1, -0.05) is 11.6 Å². The van der Waals surface area contributed by atoms with Crippen molar-refractivity contribution in [3.8, 4) is 5.75 Å². The summed E-state index contributed by atoms with van der Waals surface area (Å²) in [4.78, 5) is 21.7. The molecular formula is C19H20ClN5O3. The Kier molecular flexibility index (Phi) is 4.25. The van der Waals surface area contributed by atoms with Crippen LogP contribution in [0.5, 0.6) is 5.75 Å². The number of aromatic nitrogens is 4. The normalized spacial score (nSPS) is 18.4. The molecule has 1 atom stereocenters. The van der Waals surface area contributed by atoms with Crippen molar-refractivity contribution in [2.75, 3.05) is 25.1 Å². The van der Waals surface area contributed by atoms with Crippen molar-refractivity contribution in [2.45, 2.75) is 19.4 Å². The molecule has 0 aliphatic carbocycles. The highest BCUT2D eigenvalue weighted by atomic mass is 35.5. The molecule has 5 rings (SSSR count). The molecule has 0 spiro atoms. The van der Waals surface area contributed by atoms with Crippen LogP contribution in [0.3, 0.4) is 0 Å². The molecule has 1 aromatic carbocycles. The first-order valence-corrected chi connectivity index (χ1v) is 9.70. The maximum Gasteiger partial charge on any atom is 0.330 e. The molecule has 1 saturated heterocycles. The maximum atomic E-state index is 12.7. The summed E-state index contributed by atoms with van der Waals surface area (Å²) in [6.45, 7) is 2.67. The zero-order valence-corrected chi connectivity index (χ0v) is 16.2. The van der Waals surface area contributed by atoms with Crippen LogP contribution < -0.4 is 15.7 Å². The third-order valence-corrected chi connectivity index (χ3v) is 5.69. The average Bonchev–Trinajstić information content (AvgIpc) is 3.40. The third kappa shape index (κ3) is 2.93. The second-order valence-corrected chi connectivity index (χ2v) is 7.65. The number of halogens is 1. The largest absolute Gasteiger partial charge is 0.493 e. The Labute approximate surface area is 166 Å². The highest BCUT2D eigenvalue weighted by Gasteiger charge is 2.21. The predicted molar refractivity (Wildman–Crippen MR) is 106 cm³/mol. The van der Waals surface area contributed by atoms with Crippen molar-refractivity contribution in [1.29, 1.82) is 0 Å². The first-order chi connectivity index (χ1) is 13.6. The highest BCUT2D eigenvalue weighted by Crippen LogP contribution is 2.35. The van der Waals surface area contributed by atoms with Crippen LogP contribution >= 0.6 is 11.6 Å². The Morgan fingerprint density at radius 2 is 2.25 bits per heavy atom. The van der Waals surface area contributed by atoms with Crippen molar-refractivity contribution < 1.29 is 9.47 Å². The van der Waals surface area contributed by atoms with E-state index in [4.69, 9.17) is 21.1 Å². The van der Waals surface area contributed by atoms with E-state index in [1.807, 2.05) is 12.1 Å². The van der Waals surface area contributed by atoms with Gasteiger partial charge < -0.3 is 14.8 Å². The van der Waals surface area contributed by atoms with Gasteiger partial charge in [0.2, 0.25) is 5.95 Å². The van der Waals surface area contributed by atoms with Gasteiger partial charge in [0.05, 0.1) is 30.1 Å². The van der Waals surface area contributed by atoms with Crippen LogP contribution in [0.4, 0.5) is 11.6 Å². The molecule has 1 unspecified atom stereocenters. The molecule has 2 aliphatic rings. The topological polar surface area (TPSA) is 83.2 Å². The van der Waals surface area contributed by atoms with E-state index in [1.165, 1.54) is 0 Å². The van der Waals surface area contributed by atoms with Gasteiger partial charge >= 0.3 is 5.69 Å². The van der Waals surface area contributed by atoms with Gasteiger partial charge in [-0.2, -0.15) is 4.98 Å². The van der Waals surface area contributed by atoms with E-state index in [9.17, 15) is 4.79 Å². The molecule has 8 nitrogen and oxygen atoms in total. The molecule has 28 heavy (non-hydrogen) atoms. The highest BCUT2D eigenvalue weighted by molar-refractivity contribution is 6.33. The van der Waals surface area contributed by atoms with E-state index < -0.39 is 0 Å². The van der Waals surface area contributed by atoms with Crippen molar-refractivity contribution in [1.82, 2.24) is 19.1 Å². The number of nitrogens with zero attached hydrogens (tertiary/aromatic N) is 4. The number of anilines is 2. The second kappa shape index (κ2) is 6.79. The summed E-state index contributed by atoms with van der Waals surface area (Å²) < 4.78 is 14.3. The molecule has 0 bridgehead atoms. The van der Waals surface area contributed by atoms with Crippen LogP contribution in [0.2, 0.25) is 5.02 Å². The number of rotatable bonds is 4. The lowest BCUT2D eigenvalue weighted by Gasteiger charge is -2.10. The van der Waals surface area contributed by atoms with Crippen molar-refractivity contribution in [3.63, 3.8) is 0 Å². The van der Waals surface area contributed by atoms with E-state index in [0.29, 0.717) is 47.8 Å². The minimum absolute atomic E-state index is 0.0962. The molecule has 0 saturated carbocycles. The molecular weight excluding hydrogens is 382 g/mol. The minimum Gasteiger partial charge on any atom is -0.493 e. The zero-order chi connectivity index (χ0) is 19.3. The summed E-state index contributed by atoms with van der Waals surface area (Å²) in [6.07, 6.45) is 3.46. The van der Waals surface area contributed by atoms with Gasteiger partial charge in [0.1, 0.15) is 11.3 Å². The van der Waals surface area contributed by atoms with Gasteiger partial charge in [-0.3, -0.25) is 9.13 Å². The van der Waals surface area contributed by atoms with E-state index in [1.54, 1.807) is 22.4 Å². The van der Waals surface area contributed by atoms with E-state index in [0.717, 1.165) is 36.4 Å². The van der Waals surface area contributed by atoms with Gasteiger partial charge in [0, 0.05) is 38.6 Å². The first-order valence-electron chi connectivity index (χ1n) is 9.32. The van der Waals surface area contributed by atoms with Crippen LogP contribution in [-0.4, -0.2) is 38.9 Å². The first kappa shape index (κ1) is 17.5. The number of nitrogens with one attached hydrogen (secondary N) is 1. The van der Waals surface area contributed by atoms with Gasteiger partial charge in [-0.25, -0.2) is 9.78 Å². The summed E-state index contributed by atoms with van der Waals surface area (Å²) in [6, 6.07) is 3.77. The number of benzene rings is 1. The van der Waals surface area contributed by atoms with Crippen molar-refractivity contribution in [3.05, 3.63) is 39.4 Å². The van der Waals surface area contributed by atoms with Gasteiger partial charge in [0.25, 0.3) is 0 Å². The summed E-state index contributed by atoms with van der Waals surface area (Å²) in [5.41, 5.74) is 3.03. The van der Waals surface area contributed by atoms with E-state index in [-0.39, 0.29) is 5.69 Å². The summed E-state index contributed by atoms with van der Waals surface area (Å²) >= 11 is 6.38. The van der Waals surface area contributed by atoms with Crippen LogP contribution in [0.15, 0.2) is 23.1 Å². The molecule has 0 radical (unpaired) electrons. The minimum atomic E-state index is -0.0962. The molecule has 0 amide bonds. The maximum absolute atomic E-state index is 12.7. The lowest BCUT2D eigenvalue weighted by atomic mass is 10.1. The Morgan fingerprint density at radius 3 is 3.07 bits per heavy atom. The fourth-order valence-electron chi connectivity index (χ4n) is 3.80. The smallest absolute Gasteiger partial charge is 0.330 e. The monoisotopic (exact) mass is 401 g/mol. The average molecular weight is 402 g/mol. The van der Waals surface area contributed by atoms with Gasteiger partial charge in [0.15, 0.2) is 5.65 Å². The number of ether oxygens (including phenoxy) is 2. The van der Waals surface area contributed by atoms with E-state index in [2.05, 4.69) is 15.3 Å². The quantitative estimate of drug-likeness (QED) is 0.723.